The van der Waals surface area contributed by atoms with Crippen molar-refractivity contribution in [3.8, 4) is 0 Å². The van der Waals surface area contributed by atoms with E-state index in [-0.39, 0.29) is 5.91 Å². The average Bonchev–Trinajstić information content (AvgIpc) is 3.34. The lowest BCUT2D eigenvalue weighted by atomic mass is 10.2. The first-order chi connectivity index (χ1) is 15.1. The lowest BCUT2D eigenvalue weighted by Crippen LogP contribution is -2.49. The summed E-state index contributed by atoms with van der Waals surface area (Å²) in [7, 11) is 0. The Morgan fingerprint density at radius 1 is 1.06 bits per heavy atom. The van der Waals surface area contributed by atoms with Crippen LogP contribution in [0.5, 0.6) is 0 Å². The van der Waals surface area contributed by atoms with Crippen LogP contribution in [0.3, 0.4) is 0 Å². The zero-order chi connectivity index (χ0) is 21.4. The summed E-state index contributed by atoms with van der Waals surface area (Å²) in [4.78, 5) is 18.5. The molecule has 0 radical (unpaired) electrons. The third-order valence-electron chi connectivity index (χ3n) is 5.75. The van der Waals surface area contributed by atoms with Gasteiger partial charge in [-0.05, 0) is 31.2 Å². The molecular formula is C23H25N5OS2. The van der Waals surface area contributed by atoms with Crippen molar-refractivity contribution < 1.29 is 4.79 Å². The molecule has 5 rings (SSSR count). The lowest BCUT2D eigenvalue weighted by molar-refractivity contribution is -0.128. The number of aromatic nitrogens is 3. The van der Waals surface area contributed by atoms with E-state index in [0.29, 0.717) is 5.75 Å². The Balaban J connectivity index is 1.28. The smallest absolute Gasteiger partial charge is 0.233 e. The molecule has 1 aliphatic heterocycles. The number of carbonyl (C=O) groups is 1. The van der Waals surface area contributed by atoms with Crippen molar-refractivity contribution in [3.63, 3.8) is 0 Å². The molecule has 160 valence electrons. The molecule has 0 bridgehead atoms. The number of amides is 1. The van der Waals surface area contributed by atoms with E-state index in [1.165, 1.54) is 32.5 Å². The second-order valence-corrected chi connectivity index (χ2v) is 9.99. The van der Waals surface area contributed by atoms with Gasteiger partial charge in [0.05, 0.1) is 21.5 Å². The van der Waals surface area contributed by atoms with Crippen LogP contribution in [-0.2, 0) is 11.2 Å². The number of hydrogen-bond acceptors (Lipinski definition) is 6. The van der Waals surface area contributed by atoms with Crippen LogP contribution in [0.15, 0.2) is 47.5 Å². The average molecular weight is 452 g/mol. The van der Waals surface area contributed by atoms with Gasteiger partial charge in [0.25, 0.3) is 0 Å². The summed E-state index contributed by atoms with van der Waals surface area (Å²) in [5.41, 5.74) is 3.47. The molecule has 1 fully saturated rings. The predicted octanol–water partition coefficient (Wildman–Crippen LogP) is 4.26. The molecule has 1 aromatic carbocycles. The van der Waals surface area contributed by atoms with Crippen molar-refractivity contribution in [2.75, 3.05) is 36.8 Å². The Kier molecular flexibility index (Phi) is 5.58. The molecule has 8 heteroatoms. The van der Waals surface area contributed by atoms with Gasteiger partial charge in [0.15, 0.2) is 0 Å². The molecule has 0 N–H and O–H groups in total. The third kappa shape index (κ3) is 3.90. The third-order valence-corrected chi connectivity index (χ3v) is 7.69. The maximum atomic E-state index is 12.9. The van der Waals surface area contributed by atoms with E-state index >= 15 is 0 Å². The number of anilines is 1. The fourth-order valence-electron chi connectivity index (χ4n) is 4.16. The molecule has 1 saturated heterocycles. The van der Waals surface area contributed by atoms with E-state index in [0.717, 1.165) is 49.0 Å². The summed E-state index contributed by atoms with van der Waals surface area (Å²) in [5.74, 6) is 1.51. The molecule has 3 aromatic heterocycles. The number of rotatable bonds is 5. The van der Waals surface area contributed by atoms with E-state index in [1.807, 2.05) is 11.0 Å². The number of benzene rings is 1. The highest BCUT2D eigenvalue weighted by Crippen LogP contribution is 2.33. The van der Waals surface area contributed by atoms with E-state index < -0.39 is 0 Å². The van der Waals surface area contributed by atoms with Gasteiger partial charge in [0.2, 0.25) is 5.91 Å². The topological polar surface area (TPSA) is 53.7 Å². The molecule has 1 aliphatic rings. The van der Waals surface area contributed by atoms with Crippen LogP contribution in [0.2, 0.25) is 0 Å². The van der Waals surface area contributed by atoms with Gasteiger partial charge in [-0.25, -0.2) is 0 Å². The predicted molar refractivity (Wildman–Crippen MR) is 128 cm³/mol. The van der Waals surface area contributed by atoms with Crippen LogP contribution in [-0.4, -0.2) is 57.3 Å². The number of piperazine rings is 1. The van der Waals surface area contributed by atoms with Gasteiger partial charge in [-0.1, -0.05) is 36.9 Å². The summed E-state index contributed by atoms with van der Waals surface area (Å²) in [5, 5.41) is 9.75. The largest absolute Gasteiger partial charge is 0.368 e. The fourth-order valence-corrected chi connectivity index (χ4v) is 5.94. The van der Waals surface area contributed by atoms with E-state index in [2.05, 4.69) is 69.7 Å². The number of thioether (sulfide) groups is 1. The Morgan fingerprint density at radius 3 is 2.58 bits per heavy atom. The monoisotopic (exact) mass is 451 g/mol. The lowest BCUT2D eigenvalue weighted by Gasteiger charge is -2.36. The van der Waals surface area contributed by atoms with Gasteiger partial charge < -0.3 is 9.80 Å². The van der Waals surface area contributed by atoms with E-state index in [1.54, 1.807) is 11.3 Å². The summed E-state index contributed by atoms with van der Waals surface area (Å²) in [6.45, 7) is 7.46. The van der Waals surface area contributed by atoms with E-state index in [9.17, 15) is 4.79 Å². The number of thiophene rings is 1. The molecule has 4 aromatic rings. The molecule has 1 amide bonds. The molecule has 0 unspecified atom stereocenters. The van der Waals surface area contributed by atoms with Gasteiger partial charge in [-0.2, -0.15) is 0 Å². The van der Waals surface area contributed by atoms with Crippen molar-refractivity contribution in [1.29, 1.82) is 0 Å². The first-order valence-electron chi connectivity index (χ1n) is 10.6. The van der Waals surface area contributed by atoms with Crippen molar-refractivity contribution in [2.45, 2.75) is 25.3 Å². The molecular weight excluding hydrogens is 426 g/mol. The molecule has 0 spiro atoms. The minimum Gasteiger partial charge on any atom is -0.368 e. The zero-order valence-electron chi connectivity index (χ0n) is 17.7. The van der Waals surface area contributed by atoms with Crippen molar-refractivity contribution in [1.82, 2.24) is 19.5 Å². The van der Waals surface area contributed by atoms with Gasteiger partial charge in [0, 0.05) is 43.2 Å². The maximum absolute atomic E-state index is 12.9. The molecule has 31 heavy (non-hydrogen) atoms. The number of aryl methyl sites for hydroxylation is 2. The Morgan fingerprint density at radius 2 is 1.84 bits per heavy atom. The highest BCUT2D eigenvalue weighted by molar-refractivity contribution is 8.00. The Labute approximate surface area is 189 Å². The summed E-state index contributed by atoms with van der Waals surface area (Å²) in [6.07, 6.45) is 0.817. The van der Waals surface area contributed by atoms with Gasteiger partial charge in [0.1, 0.15) is 10.9 Å². The van der Waals surface area contributed by atoms with Crippen LogP contribution in [0, 0.1) is 6.92 Å². The SMILES string of the molecule is CCc1nnc(SCC(=O)N2CCN(c3ccccc3)CC2)c2cc3sc(C)cc3n12. The minimum atomic E-state index is 0.168. The van der Waals surface area contributed by atoms with Crippen LogP contribution in [0.25, 0.3) is 15.7 Å². The van der Waals surface area contributed by atoms with Crippen LogP contribution < -0.4 is 4.90 Å². The summed E-state index contributed by atoms with van der Waals surface area (Å²) in [6, 6.07) is 14.8. The Bertz CT molecular complexity index is 1230. The quantitative estimate of drug-likeness (QED) is 0.425. The maximum Gasteiger partial charge on any atom is 0.233 e. The molecule has 4 heterocycles. The first kappa shape index (κ1) is 20.3. The molecule has 0 atom stereocenters. The normalized spacial score (nSPS) is 14.6. The Hall–Kier alpha value is -2.58. The van der Waals surface area contributed by atoms with Gasteiger partial charge >= 0.3 is 0 Å². The van der Waals surface area contributed by atoms with Crippen molar-refractivity contribution >= 4 is 50.4 Å². The molecule has 0 saturated carbocycles. The summed E-state index contributed by atoms with van der Waals surface area (Å²) >= 11 is 3.28. The highest BCUT2D eigenvalue weighted by atomic mass is 32.2. The molecule has 0 aliphatic carbocycles. The van der Waals surface area contributed by atoms with Crippen LogP contribution >= 0.6 is 23.1 Å². The number of hydrogen-bond donors (Lipinski definition) is 0. The van der Waals surface area contributed by atoms with Gasteiger partial charge in [-0.15, -0.1) is 21.5 Å². The van der Waals surface area contributed by atoms with Gasteiger partial charge in [-0.3, -0.25) is 9.20 Å². The standard InChI is InChI=1S/C23H25N5OS2/c1-3-21-24-25-23(19-14-20-18(28(19)21)13-16(2)31-20)30-15-22(29)27-11-9-26(10-12-27)17-7-5-4-6-8-17/h4-8,13-14H,3,9-12,15H2,1-2H3. The van der Waals surface area contributed by atoms with E-state index in [4.69, 9.17) is 0 Å². The first-order valence-corrected chi connectivity index (χ1v) is 12.4. The number of para-hydroxylation sites is 1. The zero-order valence-corrected chi connectivity index (χ0v) is 19.4. The van der Waals surface area contributed by atoms with Crippen LogP contribution in [0.1, 0.15) is 17.6 Å². The minimum absolute atomic E-state index is 0.168. The second kappa shape index (κ2) is 8.51. The van der Waals surface area contributed by atoms with Crippen molar-refractivity contribution in [2.24, 2.45) is 0 Å². The number of fused-ring (bicyclic) bond motifs is 3. The summed E-state index contributed by atoms with van der Waals surface area (Å²) < 4.78 is 3.45. The number of carbonyl (C=O) groups excluding carboxylic acids is 1. The fraction of sp³-hybridized carbons (Fsp3) is 0.348. The molecule has 6 nitrogen and oxygen atoms in total. The highest BCUT2D eigenvalue weighted by Gasteiger charge is 2.22. The second-order valence-electron chi connectivity index (χ2n) is 7.74. The van der Waals surface area contributed by atoms with Crippen molar-refractivity contribution in [3.05, 3.63) is 53.2 Å². The van der Waals surface area contributed by atoms with Crippen LogP contribution in [0.4, 0.5) is 5.69 Å². The number of nitrogens with zero attached hydrogens (tertiary/aromatic N) is 5.